The molecule has 126 valence electrons. The van der Waals surface area contributed by atoms with Gasteiger partial charge in [0, 0.05) is 18.7 Å². The minimum Gasteiger partial charge on any atom is -0.380 e. The number of aliphatic hydroxyl groups is 1. The highest BCUT2D eigenvalue weighted by Crippen LogP contribution is 2.36. The molecule has 3 aromatic carbocycles. The third-order valence-corrected chi connectivity index (χ3v) is 4.56. The molecule has 2 heteroatoms. The van der Waals surface area contributed by atoms with Crippen LogP contribution < -0.4 is 0 Å². The van der Waals surface area contributed by atoms with E-state index in [9.17, 15) is 5.11 Å². The largest absolute Gasteiger partial charge is 0.380 e. The van der Waals surface area contributed by atoms with Gasteiger partial charge in [0.2, 0.25) is 0 Å². The smallest absolute Gasteiger partial charge is 0.119 e. The van der Waals surface area contributed by atoms with Crippen LogP contribution in [0.3, 0.4) is 0 Å². The molecule has 0 aliphatic carbocycles. The van der Waals surface area contributed by atoms with Crippen LogP contribution in [-0.4, -0.2) is 17.9 Å². The Kier molecular flexibility index (Phi) is 5.42. The van der Waals surface area contributed by atoms with Crippen molar-refractivity contribution in [3.63, 3.8) is 0 Å². The van der Waals surface area contributed by atoms with E-state index >= 15 is 0 Å². The summed E-state index contributed by atoms with van der Waals surface area (Å²) in [6.07, 6.45) is 1.87. The summed E-state index contributed by atoms with van der Waals surface area (Å²) in [4.78, 5) is 4.57. The van der Waals surface area contributed by atoms with Crippen molar-refractivity contribution in [2.45, 2.75) is 12.5 Å². The molecule has 1 atom stereocenters. The van der Waals surface area contributed by atoms with Crippen molar-refractivity contribution in [2.75, 3.05) is 6.54 Å². The van der Waals surface area contributed by atoms with E-state index in [0.29, 0.717) is 6.54 Å². The molecule has 3 aromatic rings. The zero-order valence-electron chi connectivity index (χ0n) is 14.4. The average Bonchev–Trinajstić information content (AvgIpc) is 2.69. The molecule has 0 saturated carbocycles. The Morgan fingerprint density at radius 3 is 1.72 bits per heavy atom. The Morgan fingerprint density at radius 2 is 1.24 bits per heavy atom. The Labute approximate surface area is 149 Å². The SMILES string of the molecule is C[C@@H](CN=Cc1ccccc1)C(O)(c1ccccc1)c1ccccc1. The van der Waals surface area contributed by atoms with E-state index in [0.717, 1.165) is 16.7 Å². The summed E-state index contributed by atoms with van der Waals surface area (Å²) in [6.45, 7) is 2.58. The number of hydrogen-bond acceptors (Lipinski definition) is 2. The van der Waals surface area contributed by atoms with Gasteiger partial charge in [0.1, 0.15) is 5.60 Å². The van der Waals surface area contributed by atoms with Crippen LogP contribution in [0.25, 0.3) is 0 Å². The van der Waals surface area contributed by atoms with Crippen molar-refractivity contribution in [1.82, 2.24) is 0 Å². The summed E-state index contributed by atoms with van der Waals surface area (Å²) in [5, 5.41) is 11.6. The number of aliphatic imine (C=N–C) groups is 1. The predicted molar refractivity (Wildman–Crippen MR) is 104 cm³/mol. The molecule has 0 spiro atoms. The second-order valence-electron chi connectivity index (χ2n) is 6.30. The lowest BCUT2D eigenvalue weighted by Crippen LogP contribution is -2.36. The standard InChI is InChI=1S/C23H23NO/c1-19(17-24-18-20-11-5-2-6-12-20)23(25,21-13-7-3-8-14-21)22-15-9-4-10-16-22/h2-16,18-19,25H,17H2,1H3/t19-/m0/s1. The summed E-state index contributed by atoms with van der Waals surface area (Å²) in [7, 11) is 0. The number of hydrogen-bond donors (Lipinski definition) is 1. The van der Waals surface area contributed by atoms with E-state index in [2.05, 4.69) is 4.99 Å². The summed E-state index contributed by atoms with van der Waals surface area (Å²) in [5.74, 6) is -0.0720. The van der Waals surface area contributed by atoms with Crippen LogP contribution in [0.5, 0.6) is 0 Å². The summed E-state index contributed by atoms with van der Waals surface area (Å²) >= 11 is 0. The molecular formula is C23H23NO. The zero-order chi connectivity index (χ0) is 17.5. The summed E-state index contributed by atoms with van der Waals surface area (Å²) in [6, 6.07) is 29.7. The lowest BCUT2D eigenvalue weighted by atomic mass is 9.77. The zero-order valence-corrected chi connectivity index (χ0v) is 14.4. The van der Waals surface area contributed by atoms with Gasteiger partial charge in [-0.1, -0.05) is 97.9 Å². The molecule has 0 fully saturated rings. The molecule has 0 aliphatic heterocycles. The van der Waals surface area contributed by atoms with Crippen LogP contribution in [0.1, 0.15) is 23.6 Å². The third kappa shape index (κ3) is 3.86. The van der Waals surface area contributed by atoms with Crippen LogP contribution in [-0.2, 0) is 5.60 Å². The van der Waals surface area contributed by atoms with Crippen molar-refractivity contribution in [2.24, 2.45) is 10.9 Å². The average molecular weight is 329 g/mol. The normalized spacial score (nSPS) is 13.0. The highest BCUT2D eigenvalue weighted by molar-refractivity contribution is 5.79. The minimum atomic E-state index is -1.07. The molecule has 0 aromatic heterocycles. The highest BCUT2D eigenvalue weighted by Gasteiger charge is 2.37. The number of rotatable bonds is 6. The van der Waals surface area contributed by atoms with E-state index < -0.39 is 5.60 Å². The van der Waals surface area contributed by atoms with Crippen LogP contribution in [0.15, 0.2) is 96.0 Å². The third-order valence-electron chi connectivity index (χ3n) is 4.56. The van der Waals surface area contributed by atoms with Gasteiger partial charge in [-0.3, -0.25) is 4.99 Å². The van der Waals surface area contributed by atoms with Crippen molar-refractivity contribution >= 4 is 6.21 Å². The molecule has 0 heterocycles. The summed E-state index contributed by atoms with van der Waals surface area (Å²) < 4.78 is 0. The van der Waals surface area contributed by atoms with E-state index in [1.54, 1.807) is 0 Å². The second-order valence-corrected chi connectivity index (χ2v) is 6.30. The monoisotopic (exact) mass is 329 g/mol. The lowest BCUT2D eigenvalue weighted by Gasteiger charge is -2.34. The van der Waals surface area contributed by atoms with Crippen molar-refractivity contribution < 1.29 is 5.11 Å². The maximum absolute atomic E-state index is 11.6. The van der Waals surface area contributed by atoms with E-state index in [1.807, 2.05) is 104 Å². The van der Waals surface area contributed by atoms with E-state index in [4.69, 9.17) is 0 Å². The molecule has 0 unspecified atom stereocenters. The van der Waals surface area contributed by atoms with Crippen LogP contribution >= 0.6 is 0 Å². The molecule has 0 radical (unpaired) electrons. The van der Waals surface area contributed by atoms with Gasteiger partial charge < -0.3 is 5.11 Å². The van der Waals surface area contributed by atoms with Crippen molar-refractivity contribution in [1.29, 1.82) is 0 Å². The number of benzene rings is 3. The minimum absolute atomic E-state index is 0.0720. The van der Waals surface area contributed by atoms with Crippen LogP contribution in [0.2, 0.25) is 0 Å². The maximum Gasteiger partial charge on any atom is 0.119 e. The van der Waals surface area contributed by atoms with Gasteiger partial charge >= 0.3 is 0 Å². The molecule has 25 heavy (non-hydrogen) atoms. The molecule has 0 amide bonds. The lowest BCUT2D eigenvalue weighted by molar-refractivity contribution is 0.0279. The molecule has 0 saturated heterocycles. The molecule has 3 rings (SSSR count). The summed E-state index contributed by atoms with van der Waals surface area (Å²) in [5.41, 5.74) is 1.78. The van der Waals surface area contributed by atoms with Gasteiger partial charge in [-0.05, 0) is 16.7 Å². The maximum atomic E-state index is 11.6. The Balaban J connectivity index is 1.88. The van der Waals surface area contributed by atoms with Crippen LogP contribution in [0.4, 0.5) is 0 Å². The van der Waals surface area contributed by atoms with Crippen molar-refractivity contribution in [3.8, 4) is 0 Å². The molecular weight excluding hydrogens is 306 g/mol. The fourth-order valence-electron chi connectivity index (χ4n) is 3.11. The molecule has 0 bridgehead atoms. The fourth-order valence-corrected chi connectivity index (χ4v) is 3.11. The molecule has 0 aliphatic rings. The molecule has 2 nitrogen and oxygen atoms in total. The van der Waals surface area contributed by atoms with E-state index in [-0.39, 0.29) is 5.92 Å². The van der Waals surface area contributed by atoms with Gasteiger partial charge in [-0.2, -0.15) is 0 Å². The van der Waals surface area contributed by atoms with E-state index in [1.165, 1.54) is 0 Å². The first-order chi connectivity index (χ1) is 12.2. The van der Waals surface area contributed by atoms with Crippen LogP contribution in [0, 0.1) is 5.92 Å². The first-order valence-electron chi connectivity index (χ1n) is 8.59. The predicted octanol–water partition coefficient (Wildman–Crippen LogP) is 4.68. The van der Waals surface area contributed by atoms with Crippen molar-refractivity contribution in [3.05, 3.63) is 108 Å². The highest BCUT2D eigenvalue weighted by atomic mass is 16.3. The Morgan fingerprint density at radius 1 is 0.800 bits per heavy atom. The Hall–Kier alpha value is -2.71. The fraction of sp³-hybridized carbons (Fsp3) is 0.174. The Bertz CT molecular complexity index is 758. The quantitative estimate of drug-likeness (QED) is 0.655. The van der Waals surface area contributed by atoms with Gasteiger partial charge in [0.15, 0.2) is 0 Å². The van der Waals surface area contributed by atoms with Gasteiger partial charge in [0.25, 0.3) is 0 Å². The number of nitrogens with zero attached hydrogens (tertiary/aromatic N) is 1. The van der Waals surface area contributed by atoms with Gasteiger partial charge in [-0.15, -0.1) is 0 Å². The van der Waals surface area contributed by atoms with Gasteiger partial charge in [-0.25, -0.2) is 0 Å². The van der Waals surface area contributed by atoms with Gasteiger partial charge in [0.05, 0.1) is 0 Å². The molecule has 1 N–H and O–H groups in total. The first kappa shape index (κ1) is 17.1. The first-order valence-corrected chi connectivity index (χ1v) is 8.59. The topological polar surface area (TPSA) is 32.6 Å². The second kappa shape index (κ2) is 7.91.